The van der Waals surface area contributed by atoms with Crippen molar-refractivity contribution in [2.45, 2.75) is 19.0 Å². The highest BCUT2D eigenvalue weighted by molar-refractivity contribution is 7.99. The minimum absolute atomic E-state index is 0.0998. The summed E-state index contributed by atoms with van der Waals surface area (Å²) in [5.74, 6) is 0.821. The van der Waals surface area contributed by atoms with E-state index in [0.29, 0.717) is 17.6 Å². The molecule has 6 nitrogen and oxygen atoms in total. The Labute approximate surface area is 167 Å². The van der Waals surface area contributed by atoms with Crippen LogP contribution < -0.4 is 10.1 Å². The molecule has 0 spiro atoms. The molecule has 3 rings (SSSR count). The normalized spacial score (nSPS) is 10.7. The van der Waals surface area contributed by atoms with E-state index in [4.69, 9.17) is 4.74 Å². The fourth-order valence-electron chi connectivity index (χ4n) is 2.61. The van der Waals surface area contributed by atoms with Crippen molar-refractivity contribution in [3.05, 3.63) is 53.8 Å². The van der Waals surface area contributed by atoms with Crippen LogP contribution >= 0.6 is 11.8 Å². The van der Waals surface area contributed by atoms with Crippen molar-refractivity contribution in [2.24, 2.45) is 7.05 Å². The summed E-state index contributed by atoms with van der Waals surface area (Å²) in [6, 6.07) is 12.2. The largest absolute Gasteiger partial charge is 0.494 e. The number of aromatic nitrogens is 3. The zero-order valence-electron chi connectivity index (χ0n) is 15.9. The summed E-state index contributed by atoms with van der Waals surface area (Å²) in [4.78, 5) is 12.2. The average Bonchev–Trinajstić information content (AvgIpc) is 3.04. The van der Waals surface area contributed by atoms with Gasteiger partial charge in [-0.15, -0.1) is 10.2 Å². The Hall–Kier alpha value is -2.87. The number of anilines is 1. The number of nitrogens with one attached hydrogen (secondary N) is 1. The van der Waals surface area contributed by atoms with Crippen LogP contribution in [0.25, 0.3) is 11.4 Å². The standard InChI is InChI=1S/C20H21FN4O2S/c1-4-27-15-8-6-14(7-9-15)19-23-24-20(25(19)3)28-12-18(26)22-17-11-13(2)5-10-16(17)21/h5-11H,4,12H2,1-3H3,(H,22,26). The van der Waals surface area contributed by atoms with Crippen LogP contribution in [-0.2, 0) is 11.8 Å². The van der Waals surface area contributed by atoms with Crippen LogP contribution in [0.15, 0.2) is 47.6 Å². The minimum atomic E-state index is -0.458. The van der Waals surface area contributed by atoms with Gasteiger partial charge in [0.2, 0.25) is 5.91 Å². The predicted octanol–water partition coefficient (Wildman–Crippen LogP) is 4.06. The summed E-state index contributed by atoms with van der Waals surface area (Å²) in [6.07, 6.45) is 0. The van der Waals surface area contributed by atoms with Gasteiger partial charge in [0, 0.05) is 12.6 Å². The first-order valence-electron chi connectivity index (χ1n) is 8.79. The summed E-state index contributed by atoms with van der Waals surface area (Å²) in [5, 5.41) is 11.6. The number of halogens is 1. The molecule has 28 heavy (non-hydrogen) atoms. The third-order valence-electron chi connectivity index (χ3n) is 3.99. The molecule has 0 aliphatic rings. The van der Waals surface area contributed by atoms with Gasteiger partial charge in [0.15, 0.2) is 11.0 Å². The Morgan fingerprint density at radius 3 is 2.68 bits per heavy atom. The minimum Gasteiger partial charge on any atom is -0.494 e. The number of thioether (sulfide) groups is 1. The summed E-state index contributed by atoms with van der Waals surface area (Å²) in [6.45, 7) is 4.38. The molecule has 0 saturated carbocycles. The molecule has 8 heteroatoms. The fraction of sp³-hybridized carbons (Fsp3) is 0.250. The van der Waals surface area contributed by atoms with E-state index in [9.17, 15) is 9.18 Å². The van der Waals surface area contributed by atoms with Crippen molar-refractivity contribution >= 4 is 23.4 Å². The lowest BCUT2D eigenvalue weighted by atomic mass is 10.2. The van der Waals surface area contributed by atoms with E-state index in [1.807, 2.05) is 49.7 Å². The second kappa shape index (κ2) is 8.88. The molecule has 1 N–H and O–H groups in total. The van der Waals surface area contributed by atoms with Crippen LogP contribution in [0.5, 0.6) is 5.75 Å². The summed E-state index contributed by atoms with van der Waals surface area (Å²) >= 11 is 1.24. The Bertz CT molecular complexity index is 973. The third kappa shape index (κ3) is 4.69. The second-order valence-electron chi connectivity index (χ2n) is 6.14. The quantitative estimate of drug-likeness (QED) is 0.606. The Balaban J connectivity index is 1.64. The number of nitrogens with zero attached hydrogens (tertiary/aromatic N) is 3. The molecular weight excluding hydrogens is 379 g/mol. The van der Waals surface area contributed by atoms with E-state index in [0.717, 1.165) is 16.9 Å². The van der Waals surface area contributed by atoms with Gasteiger partial charge >= 0.3 is 0 Å². The number of amides is 1. The molecule has 0 unspecified atom stereocenters. The highest BCUT2D eigenvalue weighted by Crippen LogP contribution is 2.25. The summed E-state index contributed by atoms with van der Waals surface area (Å²) < 4.78 is 21.0. The zero-order chi connectivity index (χ0) is 20.1. The van der Waals surface area contributed by atoms with Crippen LogP contribution in [0, 0.1) is 12.7 Å². The average molecular weight is 400 g/mol. The SMILES string of the molecule is CCOc1ccc(-c2nnc(SCC(=O)Nc3cc(C)ccc3F)n2C)cc1. The molecule has 3 aromatic rings. The molecule has 146 valence electrons. The number of rotatable bonds is 7. The molecule has 2 aromatic carbocycles. The van der Waals surface area contributed by atoms with Crippen LogP contribution in [-0.4, -0.2) is 33.0 Å². The maximum absolute atomic E-state index is 13.8. The summed E-state index contributed by atoms with van der Waals surface area (Å²) in [7, 11) is 1.84. The van der Waals surface area contributed by atoms with Gasteiger partial charge in [-0.3, -0.25) is 4.79 Å². The Kier molecular flexibility index (Phi) is 6.30. The first-order valence-corrected chi connectivity index (χ1v) is 9.78. The van der Waals surface area contributed by atoms with Gasteiger partial charge in [-0.2, -0.15) is 0 Å². The summed E-state index contributed by atoms with van der Waals surface area (Å²) in [5.41, 5.74) is 1.95. The molecule has 0 fully saturated rings. The third-order valence-corrected chi connectivity index (χ3v) is 5.01. The maximum atomic E-state index is 13.8. The highest BCUT2D eigenvalue weighted by Gasteiger charge is 2.14. The molecule has 1 heterocycles. The molecule has 0 radical (unpaired) electrons. The van der Waals surface area contributed by atoms with Crippen molar-refractivity contribution in [1.29, 1.82) is 0 Å². The van der Waals surface area contributed by atoms with Gasteiger partial charge in [0.05, 0.1) is 18.0 Å². The molecule has 0 aliphatic carbocycles. The lowest BCUT2D eigenvalue weighted by Gasteiger charge is -2.08. The maximum Gasteiger partial charge on any atom is 0.234 e. The van der Waals surface area contributed by atoms with E-state index < -0.39 is 5.82 Å². The van der Waals surface area contributed by atoms with E-state index in [1.165, 1.54) is 17.8 Å². The molecule has 0 atom stereocenters. The van der Waals surface area contributed by atoms with Crippen molar-refractivity contribution in [3.63, 3.8) is 0 Å². The first-order chi connectivity index (χ1) is 13.5. The number of benzene rings is 2. The number of hydrogen-bond acceptors (Lipinski definition) is 5. The van der Waals surface area contributed by atoms with E-state index in [1.54, 1.807) is 12.1 Å². The van der Waals surface area contributed by atoms with E-state index in [2.05, 4.69) is 15.5 Å². The van der Waals surface area contributed by atoms with Gasteiger partial charge in [0.25, 0.3) is 0 Å². The molecule has 0 aliphatic heterocycles. The smallest absolute Gasteiger partial charge is 0.234 e. The first kappa shape index (κ1) is 19.9. The lowest BCUT2D eigenvalue weighted by molar-refractivity contribution is -0.113. The Morgan fingerprint density at radius 2 is 1.96 bits per heavy atom. The molecule has 1 amide bonds. The second-order valence-corrected chi connectivity index (χ2v) is 7.09. The predicted molar refractivity (Wildman–Crippen MR) is 108 cm³/mol. The van der Waals surface area contributed by atoms with Gasteiger partial charge < -0.3 is 14.6 Å². The van der Waals surface area contributed by atoms with Crippen molar-refractivity contribution in [3.8, 4) is 17.1 Å². The van der Waals surface area contributed by atoms with Crippen LogP contribution in [0.2, 0.25) is 0 Å². The van der Waals surface area contributed by atoms with E-state index >= 15 is 0 Å². The van der Waals surface area contributed by atoms with Crippen molar-refractivity contribution in [1.82, 2.24) is 14.8 Å². The molecule has 0 saturated heterocycles. The molecular formula is C20H21FN4O2S. The number of aryl methyl sites for hydroxylation is 1. The zero-order valence-corrected chi connectivity index (χ0v) is 16.7. The number of carbonyl (C=O) groups is 1. The van der Waals surface area contributed by atoms with Gasteiger partial charge in [-0.1, -0.05) is 17.8 Å². The van der Waals surface area contributed by atoms with Crippen LogP contribution in [0.4, 0.5) is 10.1 Å². The van der Waals surface area contributed by atoms with Gasteiger partial charge in [-0.05, 0) is 55.8 Å². The van der Waals surface area contributed by atoms with E-state index in [-0.39, 0.29) is 17.3 Å². The highest BCUT2D eigenvalue weighted by atomic mass is 32.2. The monoisotopic (exact) mass is 400 g/mol. The molecule has 1 aromatic heterocycles. The van der Waals surface area contributed by atoms with Crippen LogP contribution in [0.3, 0.4) is 0 Å². The number of ether oxygens (including phenoxy) is 1. The topological polar surface area (TPSA) is 69.0 Å². The van der Waals surface area contributed by atoms with Gasteiger partial charge in [-0.25, -0.2) is 4.39 Å². The van der Waals surface area contributed by atoms with Crippen LogP contribution in [0.1, 0.15) is 12.5 Å². The fourth-order valence-corrected chi connectivity index (χ4v) is 3.32. The Morgan fingerprint density at radius 1 is 1.21 bits per heavy atom. The molecule has 0 bridgehead atoms. The van der Waals surface area contributed by atoms with Crippen molar-refractivity contribution < 1.29 is 13.9 Å². The number of carbonyl (C=O) groups excluding carboxylic acids is 1. The number of hydrogen-bond donors (Lipinski definition) is 1. The van der Waals surface area contributed by atoms with Crippen molar-refractivity contribution in [2.75, 3.05) is 17.7 Å². The van der Waals surface area contributed by atoms with Gasteiger partial charge in [0.1, 0.15) is 11.6 Å². The lowest BCUT2D eigenvalue weighted by Crippen LogP contribution is -2.15.